The van der Waals surface area contributed by atoms with Crippen molar-refractivity contribution in [3.8, 4) is 11.5 Å². The van der Waals surface area contributed by atoms with Gasteiger partial charge in [-0.05, 0) is 53.9 Å². The lowest BCUT2D eigenvalue weighted by Crippen LogP contribution is -2.27. The average molecular weight is 455 g/mol. The molecule has 2 aliphatic heterocycles. The Kier molecular flexibility index (Phi) is 5.34. The number of fused-ring (bicyclic) bond motifs is 2. The molecule has 0 aliphatic carbocycles. The number of benzene rings is 2. The number of nitrogens with one attached hydrogen (secondary N) is 1. The normalized spacial score (nSPS) is 21.5. The van der Waals surface area contributed by atoms with Gasteiger partial charge in [-0.1, -0.05) is 27.5 Å². The smallest absolute Gasteiger partial charge is 0.237 e. The Bertz CT molecular complexity index is 830. The maximum absolute atomic E-state index is 12.8. The molecule has 2 atom stereocenters. The van der Waals surface area contributed by atoms with Crippen molar-refractivity contribution in [2.24, 2.45) is 0 Å². The number of hydrogen-bond donors (Lipinski definition) is 1. The van der Waals surface area contributed by atoms with Crippen LogP contribution < -0.4 is 14.8 Å². The number of ether oxygens (including phenoxy) is 2. The van der Waals surface area contributed by atoms with Crippen LogP contribution >= 0.6 is 39.3 Å². The van der Waals surface area contributed by atoms with Crippen LogP contribution in [0.2, 0.25) is 5.02 Å². The maximum atomic E-state index is 12.8. The first kappa shape index (κ1) is 18.0. The van der Waals surface area contributed by atoms with Gasteiger partial charge in [0.05, 0.1) is 5.25 Å². The van der Waals surface area contributed by atoms with E-state index in [0.717, 1.165) is 28.5 Å². The van der Waals surface area contributed by atoms with Gasteiger partial charge in [-0.2, -0.15) is 0 Å². The van der Waals surface area contributed by atoms with Gasteiger partial charge in [0.1, 0.15) is 13.2 Å². The summed E-state index contributed by atoms with van der Waals surface area (Å²) >= 11 is 11.3. The standard InChI is InChI=1S/C19H17BrClNO3S/c20-15-10-26-18(19(23)22-13-3-1-12(21)2-4-13)8-11-7-16-17(9-14(11)15)25-6-5-24-16/h1-4,7,9,15,18H,5-6,8,10H2,(H,22,23). The van der Waals surface area contributed by atoms with Crippen LogP contribution in [0.3, 0.4) is 0 Å². The number of halogens is 2. The second kappa shape index (κ2) is 7.71. The summed E-state index contributed by atoms with van der Waals surface area (Å²) in [5.41, 5.74) is 3.04. The molecule has 0 bridgehead atoms. The van der Waals surface area contributed by atoms with E-state index in [1.165, 1.54) is 5.56 Å². The van der Waals surface area contributed by atoms with Crippen LogP contribution in [0.15, 0.2) is 36.4 Å². The Hall–Kier alpha value is -1.37. The molecule has 0 fully saturated rings. The summed E-state index contributed by atoms with van der Waals surface area (Å²) in [7, 11) is 0. The minimum Gasteiger partial charge on any atom is -0.486 e. The molecule has 0 radical (unpaired) electrons. The predicted octanol–water partition coefficient (Wildman–Crippen LogP) is 4.84. The topological polar surface area (TPSA) is 47.6 Å². The van der Waals surface area contributed by atoms with Gasteiger partial charge in [0.15, 0.2) is 11.5 Å². The van der Waals surface area contributed by atoms with Crippen molar-refractivity contribution in [1.82, 2.24) is 0 Å². The van der Waals surface area contributed by atoms with Crippen molar-refractivity contribution in [2.75, 3.05) is 24.3 Å². The van der Waals surface area contributed by atoms with Crippen molar-refractivity contribution < 1.29 is 14.3 Å². The van der Waals surface area contributed by atoms with E-state index >= 15 is 0 Å². The Morgan fingerprint density at radius 2 is 1.85 bits per heavy atom. The van der Waals surface area contributed by atoms with E-state index in [1.807, 2.05) is 24.3 Å². The summed E-state index contributed by atoms with van der Waals surface area (Å²) in [6.07, 6.45) is 0.651. The van der Waals surface area contributed by atoms with Crippen LogP contribution in [0.25, 0.3) is 0 Å². The molecule has 4 nitrogen and oxygen atoms in total. The molecule has 136 valence electrons. The van der Waals surface area contributed by atoms with E-state index < -0.39 is 0 Å². The van der Waals surface area contributed by atoms with Gasteiger partial charge < -0.3 is 14.8 Å². The highest BCUT2D eigenvalue weighted by atomic mass is 79.9. The first-order valence-electron chi connectivity index (χ1n) is 8.34. The molecule has 1 amide bonds. The largest absolute Gasteiger partial charge is 0.486 e. The molecule has 2 heterocycles. The van der Waals surface area contributed by atoms with Gasteiger partial charge in [0, 0.05) is 21.3 Å². The molecule has 0 saturated heterocycles. The minimum absolute atomic E-state index is 0.000221. The van der Waals surface area contributed by atoms with E-state index in [1.54, 1.807) is 23.9 Å². The highest BCUT2D eigenvalue weighted by molar-refractivity contribution is 9.09. The fraction of sp³-hybridized carbons (Fsp3) is 0.316. The van der Waals surface area contributed by atoms with E-state index in [4.69, 9.17) is 21.1 Å². The van der Waals surface area contributed by atoms with Crippen molar-refractivity contribution >= 4 is 50.9 Å². The van der Waals surface area contributed by atoms with Crippen molar-refractivity contribution in [3.63, 3.8) is 0 Å². The van der Waals surface area contributed by atoms with E-state index in [-0.39, 0.29) is 16.0 Å². The zero-order valence-corrected chi connectivity index (χ0v) is 17.0. The highest BCUT2D eigenvalue weighted by Crippen LogP contribution is 2.42. The molecule has 1 N–H and O–H groups in total. The van der Waals surface area contributed by atoms with Crippen molar-refractivity contribution in [2.45, 2.75) is 16.5 Å². The third kappa shape index (κ3) is 3.82. The maximum Gasteiger partial charge on any atom is 0.237 e. The highest BCUT2D eigenvalue weighted by Gasteiger charge is 2.29. The van der Waals surface area contributed by atoms with Crippen molar-refractivity contribution in [3.05, 3.63) is 52.5 Å². The van der Waals surface area contributed by atoms with Gasteiger partial charge in [0.2, 0.25) is 5.91 Å². The van der Waals surface area contributed by atoms with Gasteiger partial charge in [0.25, 0.3) is 0 Å². The fourth-order valence-electron chi connectivity index (χ4n) is 3.09. The SMILES string of the molecule is O=C(Nc1ccc(Cl)cc1)C1Cc2cc3c(cc2C(Br)CS1)OCCO3. The average Bonchev–Trinajstić information content (AvgIpc) is 2.81. The number of carbonyl (C=O) groups excluding carboxylic acids is 1. The second-order valence-corrected chi connectivity index (χ2v) is 8.96. The van der Waals surface area contributed by atoms with Crippen LogP contribution in [-0.2, 0) is 11.2 Å². The van der Waals surface area contributed by atoms with Gasteiger partial charge in [-0.3, -0.25) is 4.79 Å². The molecule has 2 aliphatic rings. The molecule has 0 saturated carbocycles. The number of amides is 1. The van der Waals surface area contributed by atoms with Gasteiger partial charge in [-0.15, -0.1) is 11.8 Å². The Balaban J connectivity index is 1.56. The molecule has 2 aromatic carbocycles. The van der Waals surface area contributed by atoms with Crippen LogP contribution in [0.1, 0.15) is 16.0 Å². The molecular weight excluding hydrogens is 438 g/mol. The number of carbonyl (C=O) groups is 1. The first-order chi connectivity index (χ1) is 12.6. The minimum atomic E-state index is -0.172. The molecule has 0 aromatic heterocycles. The third-order valence-corrected chi connectivity index (χ3v) is 7.20. The first-order valence-corrected chi connectivity index (χ1v) is 10.7. The number of anilines is 1. The Labute approximate surface area is 169 Å². The summed E-state index contributed by atoms with van der Waals surface area (Å²) in [6, 6.07) is 11.2. The van der Waals surface area contributed by atoms with Crippen LogP contribution in [-0.4, -0.2) is 30.1 Å². The molecule has 7 heteroatoms. The van der Waals surface area contributed by atoms with Gasteiger partial charge in [-0.25, -0.2) is 0 Å². The quantitative estimate of drug-likeness (QED) is 0.659. The zero-order valence-electron chi connectivity index (χ0n) is 13.8. The van der Waals surface area contributed by atoms with Crippen molar-refractivity contribution in [1.29, 1.82) is 0 Å². The number of thioether (sulfide) groups is 1. The summed E-state index contributed by atoms with van der Waals surface area (Å²) < 4.78 is 11.4. The van der Waals surface area contributed by atoms with Crippen LogP contribution in [0, 0.1) is 0 Å². The summed E-state index contributed by atoms with van der Waals surface area (Å²) in [5, 5.41) is 3.46. The Morgan fingerprint density at radius 3 is 2.58 bits per heavy atom. The molecule has 2 aromatic rings. The van der Waals surface area contributed by atoms with Crippen LogP contribution in [0.4, 0.5) is 5.69 Å². The summed E-state index contributed by atoms with van der Waals surface area (Å²) in [4.78, 5) is 12.9. The van der Waals surface area contributed by atoms with Gasteiger partial charge >= 0.3 is 0 Å². The number of rotatable bonds is 2. The lowest BCUT2D eigenvalue weighted by molar-refractivity contribution is -0.115. The molecule has 26 heavy (non-hydrogen) atoms. The second-order valence-electron chi connectivity index (χ2n) is 6.18. The molecule has 2 unspecified atom stereocenters. The molecular formula is C19H17BrClNO3S. The van der Waals surface area contributed by atoms with Crippen LogP contribution in [0.5, 0.6) is 11.5 Å². The summed E-state index contributed by atoms with van der Waals surface area (Å²) in [6.45, 7) is 1.12. The Morgan fingerprint density at radius 1 is 1.15 bits per heavy atom. The fourth-order valence-corrected chi connectivity index (χ4v) is 5.19. The third-order valence-electron chi connectivity index (χ3n) is 4.39. The van der Waals surface area contributed by atoms with E-state index in [2.05, 4.69) is 21.2 Å². The summed E-state index contributed by atoms with van der Waals surface area (Å²) in [5.74, 6) is 2.36. The number of hydrogen-bond acceptors (Lipinski definition) is 4. The molecule has 4 rings (SSSR count). The lowest BCUT2D eigenvalue weighted by atomic mass is 9.99. The van der Waals surface area contributed by atoms with E-state index in [0.29, 0.717) is 24.7 Å². The molecule has 0 spiro atoms. The number of alkyl halides is 1. The monoisotopic (exact) mass is 453 g/mol. The van der Waals surface area contributed by atoms with E-state index in [9.17, 15) is 4.79 Å². The zero-order chi connectivity index (χ0) is 18.1. The lowest BCUT2D eigenvalue weighted by Gasteiger charge is -2.22. The predicted molar refractivity (Wildman–Crippen MR) is 109 cm³/mol.